The third kappa shape index (κ3) is 4.27. The van der Waals surface area contributed by atoms with Crippen LogP contribution in [0.25, 0.3) is 0 Å². The van der Waals surface area contributed by atoms with Crippen LogP contribution in [0.1, 0.15) is 37.7 Å². The van der Waals surface area contributed by atoms with E-state index in [2.05, 4.69) is 9.97 Å². The quantitative estimate of drug-likeness (QED) is 0.781. The molecule has 27 heavy (non-hydrogen) atoms. The lowest BCUT2D eigenvalue weighted by Gasteiger charge is -2.34. The van der Waals surface area contributed by atoms with Gasteiger partial charge in [0, 0.05) is 38.4 Å². The van der Waals surface area contributed by atoms with Crippen LogP contribution >= 0.6 is 0 Å². The van der Waals surface area contributed by atoms with E-state index in [0.717, 1.165) is 37.8 Å². The molecule has 4 rings (SSSR count). The van der Waals surface area contributed by atoms with Gasteiger partial charge in [-0.2, -0.15) is 0 Å². The number of ether oxygens (including phenoxy) is 1. The van der Waals surface area contributed by atoms with Gasteiger partial charge in [0.05, 0.1) is 12.7 Å². The van der Waals surface area contributed by atoms with Crippen molar-refractivity contribution in [3.05, 3.63) is 24.3 Å². The molecule has 0 radical (unpaired) electrons. The minimum atomic E-state index is -0.436. The molecule has 4 heterocycles. The maximum atomic E-state index is 12.6. The van der Waals surface area contributed by atoms with Crippen molar-refractivity contribution in [3.63, 3.8) is 0 Å². The fourth-order valence-corrected chi connectivity index (χ4v) is 4.12. The predicted octanol–water partition coefficient (Wildman–Crippen LogP) is 0.969. The first kappa shape index (κ1) is 18.3. The maximum Gasteiger partial charge on any atom is 0.275 e. The zero-order valence-corrected chi connectivity index (χ0v) is 15.5. The lowest BCUT2D eigenvalue weighted by Crippen LogP contribution is -2.46. The summed E-state index contributed by atoms with van der Waals surface area (Å²) in [5.41, 5.74) is 0.963. The van der Waals surface area contributed by atoms with Crippen LogP contribution in [0.2, 0.25) is 0 Å². The number of carbonyl (C=O) groups is 2. The van der Waals surface area contributed by atoms with Crippen molar-refractivity contribution >= 4 is 11.8 Å². The van der Waals surface area contributed by atoms with E-state index in [1.165, 1.54) is 11.4 Å². The Morgan fingerprint density at radius 2 is 2.04 bits per heavy atom. The van der Waals surface area contributed by atoms with Gasteiger partial charge in [0.2, 0.25) is 5.91 Å². The van der Waals surface area contributed by atoms with Crippen molar-refractivity contribution in [2.45, 2.75) is 50.7 Å². The highest BCUT2D eigenvalue weighted by Crippen LogP contribution is 2.34. The second-order valence-electron chi connectivity index (χ2n) is 7.51. The van der Waals surface area contributed by atoms with Crippen LogP contribution in [-0.2, 0) is 25.6 Å². The van der Waals surface area contributed by atoms with Crippen LogP contribution in [0.4, 0.5) is 0 Å². The number of hydrogen-bond donors (Lipinski definition) is 0. The van der Waals surface area contributed by atoms with E-state index >= 15 is 0 Å². The molecule has 146 valence electrons. The van der Waals surface area contributed by atoms with E-state index in [9.17, 15) is 9.59 Å². The number of nitrogens with zero attached hydrogens (tertiary/aromatic N) is 4. The number of aryl methyl sites for hydroxylation is 1. The summed E-state index contributed by atoms with van der Waals surface area (Å²) < 4.78 is 6.04. The Kier molecular flexibility index (Phi) is 5.63. The summed E-state index contributed by atoms with van der Waals surface area (Å²) in [5, 5.41) is 1.47. The standard InChI is InChI=1S/C19H26N4O4/c24-18(4-3-14-10-20-13-21-11-14)22-7-5-15-9-16(27-17(15)12-22)19(25)23-6-1-2-8-26-23/h10-11,13,15-17H,1-9,12H2/t15-,16-,17+/m0/s1. The largest absolute Gasteiger partial charge is 0.363 e. The Labute approximate surface area is 158 Å². The first-order valence-corrected chi connectivity index (χ1v) is 9.82. The summed E-state index contributed by atoms with van der Waals surface area (Å²) in [5.74, 6) is 0.399. The van der Waals surface area contributed by atoms with Gasteiger partial charge in [-0.05, 0) is 43.6 Å². The molecule has 3 fully saturated rings. The van der Waals surface area contributed by atoms with Gasteiger partial charge in [-0.15, -0.1) is 0 Å². The van der Waals surface area contributed by atoms with E-state index in [4.69, 9.17) is 9.57 Å². The number of fused-ring (bicyclic) bond motifs is 1. The molecule has 3 atom stereocenters. The molecule has 0 bridgehead atoms. The molecule has 8 nitrogen and oxygen atoms in total. The van der Waals surface area contributed by atoms with Crippen molar-refractivity contribution in [2.24, 2.45) is 5.92 Å². The Bertz CT molecular complexity index is 665. The van der Waals surface area contributed by atoms with E-state index in [1.807, 2.05) is 4.90 Å². The molecule has 1 aromatic heterocycles. The van der Waals surface area contributed by atoms with Crippen molar-refractivity contribution in [1.82, 2.24) is 19.9 Å². The van der Waals surface area contributed by atoms with E-state index in [1.54, 1.807) is 12.4 Å². The number of rotatable bonds is 4. The minimum absolute atomic E-state index is 0.0542. The summed E-state index contributed by atoms with van der Waals surface area (Å²) in [6.45, 7) is 2.54. The highest BCUT2D eigenvalue weighted by Gasteiger charge is 2.44. The predicted molar refractivity (Wildman–Crippen MR) is 95.2 cm³/mol. The van der Waals surface area contributed by atoms with Crippen molar-refractivity contribution in [3.8, 4) is 0 Å². The van der Waals surface area contributed by atoms with Gasteiger partial charge in [-0.1, -0.05) is 0 Å². The molecule has 2 amide bonds. The molecule has 0 N–H and O–H groups in total. The highest BCUT2D eigenvalue weighted by atomic mass is 16.7. The Morgan fingerprint density at radius 1 is 1.19 bits per heavy atom. The Morgan fingerprint density at radius 3 is 2.81 bits per heavy atom. The average Bonchev–Trinajstić information content (AvgIpc) is 3.16. The lowest BCUT2D eigenvalue weighted by molar-refractivity contribution is -0.206. The van der Waals surface area contributed by atoms with E-state index < -0.39 is 6.10 Å². The monoisotopic (exact) mass is 374 g/mol. The summed E-state index contributed by atoms with van der Waals surface area (Å²) in [4.78, 5) is 40.5. The highest BCUT2D eigenvalue weighted by molar-refractivity contribution is 5.80. The van der Waals surface area contributed by atoms with Gasteiger partial charge < -0.3 is 9.64 Å². The van der Waals surface area contributed by atoms with Crippen molar-refractivity contribution in [1.29, 1.82) is 0 Å². The molecule has 3 aliphatic rings. The molecule has 1 aromatic rings. The van der Waals surface area contributed by atoms with Gasteiger partial charge in [-0.3, -0.25) is 14.4 Å². The summed E-state index contributed by atoms with van der Waals surface area (Å²) in [7, 11) is 0. The van der Waals surface area contributed by atoms with Gasteiger partial charge >= 0.3 is 0 Å². The van der Waals surface area contributed by atoms with Crippen LogP contribution in [0.5, 0.6) is 0 Å². The zero-order chi connectivity index (χ0) is 18.6. The number of aromatic nitrogens is 2. The number of likely N-dealkylation sites (tertiary alicyclic amines) is 1. The van der Waals surface area contributed by atoms with Gasteiger partial charge in [0.25, 0.3) is 5.91 Å². The lowest BCUT2D eigenvalue weighted by atomic mass is 9.91. The van der Waals surface area contributed by atoms with E-state index in [0.29, 0.717) is 38.5 Å². The normalized spacial score (nSPS) is 28.1. The summed E-state index contributed by atoms with van der Waals surface area (Å²) in [6.07, 6.45) is 9.13. The van der Waals surface area contributed by atoms with E-state index in [-0.39, 0.29) is 17.9 Å². The van der Waals surface area contributed by atoms with Gasteiger partial charge in [0.15, 0.2) is 0 Å². The van der Waals surface area contributed by atoms with Crippen LogP contribution in [0.3, 0.4) is 0 Å². The van der Waals surface area contributed by atoms with Crippen LogP contribution in [0.15, 0.2) is 18.7 Å². The maximum absolute atomic E-state index is 12.6. The topological polar surface area (TPSA) is 84.9 Å². The van der Waals surface area contributed by atoms with Crippen molar-refractivity contribution < 1.29 is 19.2 Å². The molecular formula is C19H26N4O4. The zero-order valence-electron chi connectivity index (χ0n) is 15.5. The molecule has 0 spiro atoms. The third-order valence-corrected chi connectivity index (χ3v) is 5.67. The Hall–Kier alpha value is -2.06. The molecular weight excluding hydrogens is 348 g/mol. The number of hydroxylamine groups is 2. The number of hydrogen-bond acceptors (Lipinski definition) is 6. The first-order valence-electron chi connectivity index (χ1n) is 9.82. The summed E-state index contributed by atoms with van der Waals surface area (Å²) >= 11 is 0. The fraction of sp³-hybridized carbons (Fsp3) is 0.684. The Balaban J connectivity index is 1.28. The SMILES string of the molecule is O=C(CCc1cncnc1)N1CC[C@H]2C[C@@H](C(=O)N3CCCCO3)O[C@@H]2C1. The van der Waals surface area contributed by atoms with Crippen LogP contribution in [-0.4, -0.2) is 70.2 Å². The number of amides is 2. The first-order chi connectivity index (χ1) is 13.2. The average molecular weight is 374 g/mol. The molecule has 0 saturated carbocycles. The minimum Gasteiger partial charge on any atom is -0.363 e. The second kappa shape index (κ2) is 8.31. The van der Waals surface area contributed by atoms with Gasteiger partial charge in [0.1, 0.15) is 12.4 Å². The molecule has 0 unspecified atom stereocenters. The number of piperidine rings is 1. The third-order valence-electron chi connectivity index (χ3n) is 5.67. The fourth-order valence-electron chi connectivity index (χ4n) is 4.12. The number of carbonyl (C=O) groups excluding carboxylic acids is 2. The van der Waals surface area contributed by atoms with Crippen molar-refractivity contribution in [2.75, 3.05) is 26.2 Å². The van der Waals surface area contributed by atoms with Crippen LogP contribution in [0, 0.1) is 5.92 Å². The van der Waals surface area contributed by atoms with Gasteiger partial charge in [-0.25, -0.2) is 15.0 Å². The second-order valence-corrected chi connectivity index (χ2v) is 7.51. The molecule has 8 heteroatoms. The molecule has 3 saturated heterocycles. The molecule has 3 aliphatic heterocycles. The molecule has 0 aromatic carbocycles. The smallest absolute Gasteiger partial charge is 0.275 e. The molecule has 0 aliphatic carbocycles. The van der Waals surface area contributed by atoms with Crippen LogP contribution < -0.4 is 0 Å². The summed E-state index contributed by atoms with van der Waals surface area (Å²) in [6, 6.07) is 0.